The van der Waals surface area contributed by atoms with Gasteiger partial charge in [-0.25, -0.2) is 0 Å². The molecule has 10 unspecified atom stereocenters. The number of epoxide rings is 1. The van der Waals surface area contributed by atoms with Crippen molar-refractivity contribution >= 4 is 22.6 Å². The lowest BCUT2D eigenvalue weighted by atomic mass is 9.34. The molecular formula is C52H70N2O7. The van der Waals surface area contributed by atoms with Crippen LogP contribution < -0.4 is 0 Å². The second kappa shape index (κ2) is 13.5. The number of aryl methyl sites for hydroxylation is 2. The Labute approximate surface area is 362 Å². The number of nitrogens with one attached hydrogen (secondary N) is 1. The number of Topliss-reactive ketones (excluding diaryl/α,β-unsaturated/α-hetero) is 2. The van der Waals surface area contributed by atoms with Crippen LogP contribution >= 0.6 is 0 Å². The normalized spacial score (nSPS) is 39.1. The number of benzene rings is 1. The monoisotopic (exact) mass is 835 g/mol. The predicted octanol–water partition coefficient (Wildman–Crippen LogP) is 8.44. The smallest absolute Gasteiger partial charge is 0.160 e. The Hall–Kier alpha value is -3.08. The Kier molecular flexibility index (Phi) is 9.26. The van der Waals surface area contributed by atoms with E-state index in [2.05, 4.69) is 88.6 Å². The number of H-pyrrole nitrogens is 1. The van der Waals surface area contributed by atoms with Crippen molar-refractivity contribution in [2.45, 2.75) is 169 Å². The average Bonchev–Trinajstić information content (AvgIpc) is 3.43. The van der Waals surface area contributed by atoms with Gasteiger partial charge in [-0.3, -0.25) is 9.59 Å². The van der Waals surface area contributed by atoms with Crippen LogP contribution in [-0.2, 0) is 44.1 Å². The first-order chi connectivity index (χ1) is 28.6. The molecule has 9 heteroatoms. The summed E-state index contributed by atoms with van der Waals surface area (Å²) >= 11 is 0. The first kappa shape index (κ1) is 41.9. The molecule has 7 aliphatic rings. The van der Waals surface area contributed by atoms with Gasteiger partial charge in [0.2, 0.25) is 0 Å². The van der Waals surface area contributed by atoms with Gasteiger partial charge in [0.25, 0.3) is 0 Å². The lowest BCUT2D eigenvalue weighted by molar-refractivity contribution is -0.220. The van der Waals surface area contributed by atoms with Crippen molar-refractivity contribution in [1.82, 2.24) is 9.55 Å². The zero-order chi connectivity index (χ0) is 43.4. The minimum atomic E-state index is -0.908. The summed E-state index contributed by atoms with van der Waals surface area (Å²) in [6.07, 6.45) is 9.72. The molecule has 5 heterocycles. The topological polar surface area (TPSA) is 137 Å². The summed E-state index contributed by atoms with van der Waals surface area (Å²) in [5, 5.41) is 37.2. The third kappa shape index (κ3) is 5.95. The SMILES string of the molecule is Cc1cc(Cc2cn3c4c(c[nH]c24)CCC(C)(CC(O)C2OC2(C)C)C2=C4C(C3)C(O)C3C5(C)CCC(=O)C(C)(C)C5CCC3(C)C4(C)CC2=O)cc(C2(O)CCOCC2)c1. The van der Waals surface area contributed by atoms with Crippen molar-refractivity contribution in [1.29, 1.82) is 0 Å². The van der Waals surface area contributed by atoms with Crippen molar-refractivity contribution in [2.24, 2.45) is 44.8 Å². The molecule has 0 radical (unpaired) electrons. The van der Waals surface area contributed by atoms with Gasteiger partial charge in [-0.1, -0.05) is 65.3 Å². The molecular weight excluding hydrogens is 765 g/mol. The Morgan fingerprint density at radius 2 is 1.67 bits per heavy atom. The number of aromatic amines is 1. The zero-order valence-corrected chi connectivity index (χ0v) is 38.2. The van der Waals surface area contributed by atoms with Crippen LogP contribution in [0.25, 0.3) is 11.0 Å². The summed E-state index contributed by atoms with van der Waals surface area (Å²) in [6, 6.07) is 6.52. The van der Waals surface area contributed by atoms with Crippen molar-refractivity contribution in [3.8, 4) is 0 Å². The molecule has 10 atom stereocenters. The first-order valence-electron chi connectivity index (χ1n) is 23.5. The summed E-state index contributed by atoms with van der Waals surface area (Å²) in [7, 11) is 0. The summed E-state index contributed by atoms with van der Waals surface area (Å²) < 4.78 is 14.0. The lowest BCUT2D eigenvalue weighted by Crippen LogP contribution is -2.67. The van der Waals surface area contributed by atoms with Crippen LogP contribution in [0.15, 0.2) is 41.7 Å². The maximum absolute atomic E-state index is 15.2. The number of ether oxygens (including phenoxy) is 2. The van der Waals surface area contributed by atoms with Gasteiger partial charge in [-0.2, -0.15) is 0 Å². The second-order valence-corrected chi connectivity index (χ2v) is 23.3. The largest absolute Gasteiger partial charge is 0.392 e. The van der Waals surface area contributed by atoms with Crippen LogP contribution in [0.3, 0.4) is 0 Å². The summed E-state index contributed by atoms with van der Waals surface area (Å²) in [5.74, 6) is 0.179. The van der Waals surface area contributed by atoms with Gasteiger partial charge < -0.3 is 34.3 Å². The van der Waals surface area contributed by atoms with E-state index in [1.807, 2.05) is 13.8 Å². The number of nitrogens with zero attached hydrogens (tertiary/aromatic N) is 1. The third-order valence-corrected chi connectivity index (χ3v) is 18.9. The van der Waals surface area contributed by atoms with E-state index in [0.29, 0.717) is 70.5 Å². The number of rotatable bonds is 6. The lowest BCUT2D eigenvalue weighted by Gasteiger charge is -2.70. The number of hydrogen-bond acceptors (Lipinski definition) is 7. The minimum Gasteiger partial charge on any atom is -0.392 e. The van der Waals surface area contributed by atoms with E-state index >= 15 is 4.79 Å². The van der Waals surface area contributed by atoms with E-state index in [9.17, 15) is 20.1 Å². The molecule has 2 saturated heterocycles. The molecule has 0 bridgehead atoms. The molecule has 2 aromatic heterocycles. The fraction of sp³-hybridized carbons (Fsp3) is 0.692. The van der Waals surface area contributed by atoms with E-state index < -0.39 is 39.7 Å². The molecule has 61 heavy (non-hydrogen) atoms. The third-order valence-electron chi connectivity index (χ3n) is 18.9. The van der Waals surface area contributed by atoms with Crippen LogP contribution in [0.1, 0.15) is 141 Å². The predicted molar refractivity (Wildman–Crippen MR) is 235 cm³/mol. The van der Waals surface area contributed by atoms with Gasteiger partial charge >= 0.3 is 0 Å². The summed E-state index contributed by atoms with van der Waals surface area (Å²) in [5.41, 5.74) is 6.13. The maximum atomic E-state index is 15.2. The molecule has 4 N–H and O–H groups in total. The van der Waals surface area contributed by atoms with E-state index in [1.165, 1.54) is 5.56 Å². The number of fused-ring (bicyclic) bond motifs is 4. The van der Waals surface area contributed by atoms with Crippen molar-refractivity contribution < 1.29 is 34.4 Å². The maximum Gasteiger partial charge on any atom is 0.160 e. The number of aliphatic hydroxyl groups is 3. The zero-order valence-electron chi connectivity index (χ0n) is 38.2. The Morgan fingerprint density at radius 3 is 2.38 bits per heavy atom. The van der Waals surface area contributed by atoms with E-state index in [-0.39, 0.29) is 40.5 Å². The molecule has 3 aliphatic heterocycles. The van der Waals surface area contributed by atoms with Gasteiger partial charge in [0.05, 0.1) is 34.4 Å². The van der Waals surface area contributed by atoms with Gasteiger partial charge in [-0.15, -0.1) is 0 Å². The fourth-order valence-electron chi connectivity index (χ4n) is 15.6. The number of carbonyl (C=O) groups excluding carboxylic acids is 2. The quantitative estimate of drug-likeness (QED) is 0.183. The molecule has 0 amide bonds. The highest BCUT2D eigenvalue weighted by Gasteiger charge is 2.72. The van der Waals surface area contributed by atoms with E-state index in [1.54, 1.807) is 0 Å². The second-order valence-electron chi connectivity index (χ2n) is 23.3. The number of allylic oxidation sites excluding steroid dienone is 1. The number of ketones is 2. The summed E-state index contributed by atoms with van der Waals surface area (Å²) in [6.45, 7) is 21.3. The minimum absolute atomic E-state index is 0.115. The molecule has 3 saturated carbocycles. The molecule has 5 fully saturated rings. The number of carbonyl (C=O) groups is 2. The number of aliphatic hydroxyl groups excluding tert-OH is 2. The van der Waals surface area contributed by atoms with E-state index in [0.717, 1.165) is 70.1 Å². The van der Waals surface area contributed by atoms with Crippen molar-refractivity contribution in [2.75, 3.05) is 13.2 Å². The molecule has 330 valence electrons. The Bertz CT molecular complexity index is 2360. The summed E-state index contributed by atoms with van der Waals surface area (Å²) in [4.78, 5) is 32.5. The van der Waals surface area contributed by atoms with E-state index in [4.69, 9.17) is 9.47 Å². The van der Waals surface area contributed by atoms with Crippen LogP contribution in [0.4, 0.5) is 0 Å². The molecule has 3 aromatic rings. The number of hydrogen-bond donors (Lipinski definition) is 4. The molecule has 0 spiro atoms. The van der Waals surface area contributed by atoms with Crippen molar-refractivity contribution in [3.05, 3.63) is 69.6 Å². The molecule has 10 rings (SSSR count). The van der Waals surface area contributed by atoms with Crippen LogP contribution in [0.2, 0.25) is 0 Å². The van der Waals surface area contributed by atoms with Crippen molar-refractivity contribution in [3.63, 3.8) is 0 Å². The van der Waals surface area contributed by atoms with Crippen LogP contribution in [0, 0.1) is 51.8 Å². The number of aromatic nitrogens is 2. The highest BCUT2D eigenvalue weighted by atomic mass is 16.6. The van der Waals surface area contributed by atoms with Crippen LogP contribution in [-0.4, -0.2) is 73.6 Å². The van der Waals surface area contributed by atoms with Gasteiger partial charge in [0.1, 0.15) is 11.9 Å². The van der Waals surface area contributed by atoms with Gasteiger partial charge in [-0.05, 0) is 115 Å². The Morgan fingerprint density at radius 1 is 0.951 bits per heavy atom. The molecule has 1 aromatic carbocycles. The van der Waals surface area contributed by atoms with Gasteiger partial charge in [0.15, 0.2) is 5.78 Å². The van der Waals surface area contributed by atoms with Crippen LogP contribution in [0.5, 0.6) is 0 Å². The highest BCUT2D eigenvalue weighted by Crippen LogP contribution is 2.75. The first-order valence-corrected chi connectivity index (χ1v) is 23.5. The molecule has 9 nitrogen and oxygen atoms in total. The Balaban J connectivity index is 1.13. The molecule has 4 aliphatic carbocycles. The van der Waals surface area contributed by atoms with Gasteiger partial charge in [0, 0.05) is 86.6 Å². The highest BCUT2D eigenvalue weighted by molar-refractivity contribution is 6.02. The average molecular weight is 835 g/mol. The fourth-order valence-corrected chi connectivity index (χ4v) is 15.6. The standard InChI is InChI=1S/C52H70N2O7/c1-29-20-30(23-33(21-29)52(59)16-18-60-19-17-52)22-32-27-54-28-34-39-40(48(6,24-36(56)45-47(4,5)61-45)13-10-31-26-53-41(32)42(31)54)35(55)25-51(39,9)50(8)15-11-37-46(2,3)38(57)12-14-49(37,7)44(50)43(34)58/h20-21,23,26-27,34,36-37,43-45,53,56,58-59H,10-19,22,24-25,28H2,1-9H3.